The molecule has 0 radical (unpaired) electrons. The van der Waals surface area contributed by atoms with Crippen molar-refractivity contribution in [2.24, 2.45) is 0 Å². The molecule has 1 amide bonds. The van der Waals surface area contributed by atoms with Gasteiger partial charge in [0.25, 0.3) is 0 Å². The molecule has 1 aliphatic rings. The van der Waals surface area contributed by atoms with Crippen LogP contribution in [0.25, 0.3) is 0 Å². The van der Waals surface area contributed by atoms with Crippen LogP contribution in [0.3, 0.4) is 0 Å². The van der Waals surface area contributed by atoms with E-state index in [1.54, 1.807) is 17.9 Å². The zero-order chi connectivity index (χ0) is 15.5. The molecule has 1 aromatic heterocycles. The lowest BCUT2D eigenvalue weighted by Gasteiger charge is -2.13. The fraction of sp³-hybridized carbons (Fsp3) is 0.429. The number of nitrogens with zero attached hydrogens (tertiary/aromatic N) is 4. The molecule has 3 rings (SSSR count). The molecule has 0 spiro atoms. The van der Waals surface area contributed by atoms with Crippen LogP contribution in [0.2, 0.25) is 0 Å². The van der Waals surface area contributed by atoms with E-state index < -0.39 is 0 Å². The van der Waals surface area contributed by atoms with Crippen molar-refractivity contribution in [3.8, 4) is 5.75 Å². The second-order valence-corrected chi connectivity index (χ2v) is 6.39. The molecule has 0 aliphatic heterocycles. The molecule has 1 heterocycles. The highest BCUT2D eigenvalue weighted by molar-refractivity contribution is 8.00. The lowest BCUT2D eigenvalue weighted by molar-refractivity contribution is -0.115. The summed E-state index contributed by atoms with van der Waals surface area (Å²) in [5.41, 5.74) is 0.657. The number of hydrogen-bond acceptors (Lipinski definition) is 6. The second-order valence-electron chi connectivity index (χ2n) is 5.09. The maximum absolute atomic E-state index is 12.3. The Hall–Kier alpha value is -2.09. The van der Waals surface area contributed by atoms with E-state index in [-0.39, 0.29) is 11.2 Å². The van der Waals surface area contributed by atoms with Gasteiger partial charge >= 0.3 is 0 Å². The summed E-state index contributed by atoms with van der Waals surface area (Å²) in [5, 5.41) is 14.9. The van der Waals surface area contributed by atoms with E-state index in [1.807, 2.05) is 25.1 Å². The monoisotopic (exact) mass is 319 g/mol. The van der Waals surface area contributed by atoms with Crippen LogP contribution in [0.5, 0.6) is 5.75 Å². The molecular weight excluding hydrogens is 302 g/mol. The minimum atomic E-state index is -0.312. The van der Waals surface area contributed by atoms with Gasteiger partial charge in [-0.3, -0.25) is 4.79 Å². The molecule has 0 saturated heterocycles. The van der Waals surface area contributed by atoms with Crippen LogP contribution in [0.15, 0.2) is 29.4 Å². The molecule has 116 valence electrons. The summed E-state index contributed by atoms with van der Waals surface area (Å²) in [5.74, 6) is 0.524. The summed E-state index contributed by atoms with van der Waals surface area (Å²) in [4.78, 5) is 12.3. The van der Waals surface area contributed by atoms with Gasteiger partial charge < -0.3 is 10.1 Å². The van der Waals surface area contributed by atoms with Crippen LogP contribution in [0.1, 0.15) is 25.8 Å². The molecule has 2 aromatic rings. The lowest BCUT2D eigenvalue weighted by atomic mass is 10.3. The number of hydrogen-bond donors (Lipinski definition) is 1. The molecule has 8 heteroatoms. The number of amides is 1. The number of carbonyl (C=O) groups excluding carboxylic acids is 1. The third kappa shape index (κ3) is 3.22. The van der Waals surface area contributed by atoms with Gasteiger partial charge in [0.1, 0.15) is 5.75 Å². The Morgan fingerprint density at radius 3 is 2.95 bits per heavy atom. The predicted octanol–water partition coefficient (Wildman–Crippen LogP) is 2.14. The standard InChI is InChI=1S/C14H17N5O2S/c1-9(22-14-16-17-18-19(14)10-7-8-10)13(20)15-11-5-3-4-6-12(11)21-2/h3-6,9-10H,7-8H2,1-2H3,(H,15,20). The van der Waals surface area contributed by atoms with Crippen molar-refractivity contribution < 1.29 is 9.53 Å². The fourth-order valence-electron chi connectivity index (χ4n) is 2.01. The maximum Gasteiger partial charge on any atom is 0.237 e. The van der Waals surface area contributed by atoms with Crippen molar-refractivity contribution in [2.75, 3.05) is 12.4 Å². The number of benzene rings is 1. The second kappa shape index (κ2) is 6.35. The molecule has 1 atom stereocenters. The third-order valence-electron chi connectivity index (χ3n) is 3.37. The highest BCUT2D eigenvalue weighted by Gasteiger charge is 2.29. The van der Waals surface area contributed by atoms with Crippen LogP contribution < -0.4 is 10.1 Å². The molecule has 1 aliphatic carbocycles. The van der Waals surface area contributed by atoms with Crippen molar-refractivity contribution in [3.63, 3.8) is 0 Å². The van der Waals surface area contributed by atoms with Gasteiger partial charge in [-0.25, -0.2) is 4.68 Å². The first-order valence-electron chi connectivity index (χ1n) is 7.07. The smallest absolute Gasteiger partial charge is 0.237 e. The van der Waals surface area contributed by atoms with Crippen molar-refractivity contribution >= 4 is 23.4 Å². The molecule has 1 unspecified atom stereocenters. The molecule has 1 aromatic carbocycles. The molecular formula is C14H17N5O2S. The normalized spacial score (nSPS) is 15.4. The molecule has 22 heavy (non-hydrogen) atoms. The van der Waals surface area contributed by atoms with E-state index >= 15 is 0 Å². The number of methoxy groups -OCH3 is 1. The van der Waals surface area contributed by atoms with Crippen molar-refractivity contribution in [2.45, 2.75) is 36.2 Å². The van der Waals surface area contributed by atoms with E-state index in [0.29, 0.717) is 22.6 Å². The number of nitrogens with one attached hydrogen (secondary N) is 1. The number of carbonyl (C=O) groups is 1. The Morgan fingerprint density at radius 2 is 2.23 bits per heavy atom. The minimum absolute atomic E-state index is 0.111. The summed E-state index contributed by atoms with van der Waals surface area (Å²) in [6.07, 6.45) is 2.20. The van der Waals surface area contributed by atoms with Crippen molar-refractivity contribution in [1.82, 2.24) is 20.2 Å². The highest BCUT2D eigenvalue weighted by atomic mass is 32.2. The summed E-state index contributed by atoms with van der Waals surface area (Å²) in [6.45, 7) is 1.83. The summed E-state index contributed by atoms with van der Waals surface area (Å²) in [7, 11) is 1.58. The quantitative estimate of drug-likeness (QED) is 0.822. The number of aromatic nitrogens is 4. The maximum atomic E-state index is 12.3. The Kier molecular flexibility index (Phi) is 4.28. The zero-order valence-corrected chi connectivity index (χ0v) is 13.2. The van der Waals surface area contributed by atoms with Crippen LogP contribution in [0.4, 0.5) is 5.69 Å². The van der Waals surface area contributed by atoms with Gasteiger partial charge in [0.2, 0.25) is 11.1 Å². The number of anilines is 1. The Labute approximate surface area is 132 Å². The largest absolute Gasteiger partial charge is 0.495 e. The highest BCUT2D eigenvalue weighted by Crippen LogP contribution is 2.37. The SMILES string of the molecule is COc1ccccc1NC(=O)C(C)Sc1nnnn1C1CC1. The first-order chi connectivity index (χ1) is 10.7. The molecule has 1 N–H and O–H groups in total. The zero-order valence-electron chi connectivity index (χ0n) is 12.4. The fourth-order valence-corrected chi connectivity index (χ4v) is 2.86. The van der Waals surface area contributed by atoms with Crippen LogP contribution in [0, 0.1) is 0 Å². The van der Waals surface area contributed by atoms with E-state index in [4.69, 9.17) is 4.74 Å². The van der Waals surface area contributed by atoms with Crippen LogP contribution in [-0.4, -0.2) is 38.5 Å². The van der Waals surface area contributed by atoms with Crippen LogP contribution >= 0.6 is 11.8 Å². The number of tetrazole rings is 1. The number of para-hydroxylation sites is 2. The van der Waals surface area contributed by atoms with Gasteiger partial charge in [-0.1, -0.05) is 23.9 Å². The number of rotatable bonds is 6. The topological polar surface area (TPSA) is 81.9 Å². The van der Waals surface area contributed by atoms with Gasteiger partial charge in [-0.05, 0) is 42.3 Å². The van der Waals surface area contributed by atoms with E-state index in [9.17, 15) is 4.79 Å². The van der Waals surface area contributed by atoms with Gasteiger partial charge in [0, 0.05) is 0 Å². The third-order valence-corrected chi connectivity index (χ3v) is 4.42. The molecule has 7 nitrogen and oxygen atoms in total. The molecule has 0 bridgehead atoms. The van der Waals surface area contributed by atoms with Gasteiger partial charge in [-0.15, -0.1) is 5.10 Å². The van der Waals surface area contributed by atoms with Crippen LogP contribution in [-0.2, 0) is 4.79 Å². The Morgan fingerprint density at radius 1 is 1.45 bits per heavy atom. The van der Waals surface area contributed by atoms with E-state index in [0.717, 1.165) is 12.8 Å². The lowest BCUT2D eigenvalue weighted by Crippen LogP contribution is -2.23. The first-order valence-corrected chi connectivity index (χ1v) is 7.95. The molecule has 1 fully saturated rings. The average molecular weight is 319 g/mol. The average Bonchev–Trinajstić information content (AvgIpc) is 3.27. The summed E-state index contributed by atoms with van der Waals surface area (Å²) >= 11 is 1.36. The van der Waals surface area contributed by atoms with Crippen molar-refractivity contribution in [1.29, 1.82) is 0 Å². The Bertz CT molecular complexity index is 671. The van der Waals surface area contributed by atoms with E-state index in [2.05, 4.69) is 20.8 Å². The van der Waals surface area contributed by atoms with Gasteiger partial charge in [0.15, 0.2) is 0 Å². The first kappa shape index (κ1) is 14.8. The van der Waals surface area contributed by atoms with Gasteiger partial charge in [-0.2, -0.15) is 0 Å². The minimum Gasteiger partial charge on any atom is -0.495 e. The summed E-state index contributed by atoms with van der Waals surface area (Å²) in [6, 6.07) is 7.71. The molecule has 1 saturated carbocycles. The Balaban J connectivity index is 1.65. The summed E-state index contributed by atoms with van der Waals surface area (Å²) < 4.78 is 7.04. The number of thioether (sulfide) groups is 1. The van der Waals surface area contributed by atoms with E-state index in [1.165, 1.54) is 11.8 Å². The predicted molar refractivity (Wildman–Crippen MR) is 83.0 cm³/mol. The number of ether oxygens (including phenoxy) is 1. The van der Waals surface area contributed by atoms with Gasteiger partial charge in [0.05, 0.1) is 24.1 Å². The van der Waals surface area contributed by atoms with Crippen molar-refractivity contribution in [3.05, 3.63) is 24.3 Å².